The second-order valence-corrected chi connectivity index (χ2v) is 2.11. The molecular weight excluding hydrogens is 140 g/mol. The van der Waals surface area contributed by atoms with Gasteiger partial charge < -0.3 is 10.4 Å². The van der Waals surface area contributed by atoms with E-state index < -0.39 is 12.0 Å². The summed E-state index contributed by atoms with van der Waals surface area (Å²) < 4.78 is 6.50. The Morgan fingerprint density at radius 2 is 2.89 bits per heavy atom. The maximum Gasteiger partial charge on any atom is 0.321 e. The second-order valence-electron chi connectivity index (χ2n) is 1.49. The van der Waals surface area contributed by atoms with Crippen LogP contribution < -0.4 is 10.4 Å². The highest BCUT2D eigenvalue weighted by atomic mass is 32.2. The maximum absolute atomic E-state index is 10.3. The molecule has 5 heteroatoms. The van der Waals surface area contributed by atoms with Crippen LogP contribution in [0.3, 0.4) is 0 Å². The Balaban J connectivity index is 3.50. The summed E-state index contributed by atoms with van der Waals surface area (Å²) in [5.41, 5.74) is 0. The molecule has 0 fully saturated rings. The minimum atomic E-state index is -0.898. The van der Waals surface area contributed by atoms with Crippen LogP contribution in [0.15, 0.2) is 0 Å². The fraction of sp³-hybridized carbons (Fsp3) is 0.750. The number of hydrogen-bond acceptors (Lipinski definition) is 4. The van der Waals surface area contributed by atoms with E-state index in [2.05, 4.69) is 10.4 Å². The molecule has 4 N–H and O–H groups in total. The molecule has 0 unspecified atom stereocenters. The lowest BCUT2D eigenvalue weighted by Crippen LogP contribution is -2.36. The molecular formula is C4H10N2O2S. The zero-order chi connectivity index (χ0) is 7.98. The van der Waals surface area contributed by atoms with Crippen molar-refractivity contribution in [3.63, 3.8) is 0 Å². The molecule has 0 saturated carbocycles. The minimum Gasteiger partial charge on any atom is -0.480 e. The van der Waals surface area contributed by atoms with E-state index in [0.717, 1.165) is 11.9 Å². The third-order valence-corrected chi connectivity index (χ3v) is 1.40. The molecule has 0 aromatic rings. The van der Waals surface area contributed by atoms with Crippen molar-refractivity contribution in [2.45, 2.75) is 6.04 Å². The molecule has 0 aromatic carbocycles. The van der Waals surface area contributed by atoms with E-state index in [1.807, 2.05) is 0 Å². The highest BCUT2D eigenvalue weighted by molar-refractivity contribution is 7.97. The molecule has 9 heavy (non-hydrogen) atoms. The van der Waals surface area contributed by atoms with E-state index >= 15 is 0 Å². The summed E-state index contributed by atoms with van der Waals surface area (Å²) in [5, 5.41) is 13.1. The molecule has 0 aliphatic carbocycles. The summed E-state index contributed by atoms with van der Waals surface area (Å²) in [6.07, 6.45) is 0. The van der Waals surface area contributed by atoms with Crippen molar-refractivity contribution in [3.05, 3.63) is 0 Å². The first-order chi connectivity index (χ1) is 4.72. The predicted octanol–water partition coefficient (Wildman–Crippen LogP) is -0.734. The third-order valence-electron chi connectivity index (χ3n) is 0.897. The van der Waals surface area contributed by atoms with Crippen LogP contribution >= 0.6 is 11.9 Å². The minimum absolute atomic E-state index is 0.343. The Bertz CT molecular complexity index is 113. The number of likely N-dealkylation sites (N-methyl/N-ethyl adjacent to an activating group) is 1. The Labute approximate surface area is 59.4 Å². The zero-order valence-electron chi connectivity index (χ0n) is 6.05. The van der Waals surface area contributed by atoms with Gasteiger partial charge in [0.2, 0.25) is 0 Å². The first-order valence-corrected chi connectivity index (χ1v) is 3.39. The number of nitrogens with two attached hydrogens (primary N) is 1. The number of rotatable bonds is 5. The van der Waals surface area contributed by atoms with E-state index in [1.165, 1.54) is 0 Å². The molecule has 0 saturated heterocycles. The summed E-state index contributed by atoms with van der Waals surface area (Å²) in [7, 11) is 1.57. The van der Waals surface area contributed by atoms with Gasteiger partial charge in [-0.3, -0.25) is 9.93 Å². The van der Waals surface area contributed by atoms with Crippen LogP contribution in [0.2, 0.25) is 1.41 Å². The number of carboxylic acids is 1. The van der Waals surface area contributed by atoms with Gasteiger partial charge in [-0.15, -0.1) is 0 Å². The smallest absolute Gasteiger partial charge is 0.321 e. The fourth-order valence-corrected chi connectivity index (χ4v) is 0.837. The lowest BCUT2D eigenvalue weighted by molar-refractivity contribution is -0.138. The van der Waals surface area contributed by atoms with Gasteiger partial charge in [0.25, 0.3) is 0 Å². The fourth-order valence-electron chi connectivity index (χ4n) is 0.361. The standard InChI is InChI=1S/C4H10N2O2S/c1-6-3(2-9-5)4(7)8/h3,6H,2,5H2,1H3,(H,7,8)/t3-/m0/s1/i/hD. The average Bonchev–Trinajstić information content (AvgIpc) is 1.89. The van der Waals surface area contributed by atoms with Crippen LogP contribution in [0, 0.1) is 0 Å². The Kier molecular flexibility index (Phi) is 3.51. The van der Waals surface area contributed by atoms with E-state index in [4.69, 9.17) is 6.52 Å². The van der Waals surface area contributed by atoms with Gasteiger partial charge in [-0.05, 0) is 7.05 Å². The van der Waals surface area contributed by atoms with Gasteiger partial charge in [-0.2, -0.15) is 0 Å². The molecule has 4 nitrogen and oxygen atoms in total. The second kappa shape index (κ2) is 4.60. The Morgan fingerprint density at radius 3 is 3.22 bits per heavy atom. The summed E-state index contributed by atoms with van der Waals surface area (Å²) in [6, 6.07) is -0.581. The van der Waals surface area contributed by atoms with Crippen LogP contribution in [-0.4, -0.2) is 29.9 Å². The van der Waals surface area contributed by atoms with Crippen molar-refractivity contribution in [3.8, 4) is 0 Å². The molecule has 0 amide bonds. The van der Waals surface area contributed by atoms with Crippen LogP contribution in [0.4, 0.5) is 0 Å². The van der Waals surface area contributed by atoms with Gasteiger partial charge in [-0.25, -0.2) is 0 Å². The highest BCUT2D eigenvalue weighted by Crippen LogP contribution is 1.91. The zero-order valence-corrected chi connectivity index (χ0v) is 5.86. The molecule has 0 aliphatic heterocycles. The Morgan fingerprint density at radius 1 is 2.22 bits per heavy atom. The van der Waals surface area contributed by atoms with Crippen LogP contribution in [0.5, 0.6) is 0 Å². The van der Waals surface area contributed by atoms with Gasteiger partial charge in [0.05, 0.1) is 0 Å². The van der Waals surface area contributed by atoms with Crippen LogP contribution in [-0.2, 0) is 4.79 Å². The lowest BCUT2D eigenvalue weighted by Gasteiger charge is -2.06. The third kappa shape index (κ3) is 3.34. The van der Waals surface area contributed by atoms with E-state index in [0.29, 0.717) is 5.75 Å². The van der Waals surface area contributed by atoms with Crippen molar-refractivity contribution in [1.29, 1.82) is 0 Å². The largest absolute Gasteiger partial charge is 0.480 e. The van der Waals surface area contributed by atoms with Crippen LogP contribution in [0.25, 0.3) is 0 Å². The maximum atomic E-state index is 10.3. The van der Waals surface area contributed by atoms with E-state index in [1.54, 1.807) is 7.05 Å². The molecule has 54 valence electrons. The van der Waals surface area contributed by atoms with Gasteiger partial charge in [0.1, 0.15) is 7.45 Å². The van der Waals surface area contributed by atoms with Gasteiger partial charge in [0, 0.05) is 5.75 Å². The number of aliphatic carboxylic acids is 1. The normalized spacial score (nSPS) is 14.6. The monoisotopic (exact) mass is 151 g/mol. The molecule has 0 aromatic heterocycles. The molecule has 0 spiro atoms. The van der Waals surface area contributed by atoms with Crippen molar-refractivity contribution in [1.82, 2.24) is 5.32 Å². The summed E-state index contributed by atoms with van der Waals surface area (Å²) in [6.45, 7) is 0. The van der Waals surface area contributed by atoms with Gasteiger partial charge in [0.15, 0.2) is 0 Å². The molecule has 0 radical (unpaired) electrons. The summed E-state index contributed by atoms with van der Waals surface area (Å²) >= 11 is 1.04. The molecule has 0 bridgehead atoms. The molecule has 0 heterocycles. The van der Waals surface area contributed by atoms with Gasteiger partial charge >= 0.3 is 5.97 Å². The molecule has 1 atom stereocenters. The van der Waals surface area contributed by atoms with E-state index in [-0.39, 0.29) is 0 Å². The quantitative estimate of drug-likeness (QED) is 0.451. The first-order valence-electron chi connectivity index (χ1n) is 2.91. The van der Waals surface area contributed by atoms with Gasteiger partial charge in [-0.1, -0.05) is 11.9 Å². The number of hydrogen-bond donors (Lipinski definition) is 3. The number of carbonyl (C=O) groups is 1. The number of nitrogens with one attached hydrogen (secondary N) is 1. The SMILES string of the molecule is [2H]NSC[C@H](NC)C(=O)O. The predicted molar refractivity (Wildman–Crippen MR) is 37.1 cm³/mol. The molecule has 0 rings (SSSR count). The summed E-state index contributed by atoms with van der Waals surface area (Å²) in [4.78, 5) is 10.3. The van der Waals surface area contributed by atoms with Crippen molar-refractivity contribution in [2.24, 2.45) is 5.13 Å². The van der Waals surface area contributed by atoms with Crippen molar-refractivity contribution >= 4 is 17.9 Å². The van der Waals surface area contributed by atoms with Crippen molar-refractivity contribution in [2.75, 3.05) is 12.8 Å². The highest BCUT2D eigenvalue weighted by Gasteiger charge is 2.12. The van der Waals surface area contributed by atoms with Crippen molar-refractivity contribution < 1.29 is 11.3 Å². The number of carboxylic acid groups (broad SMARTS) is 1. The van der Waals surface area contributed by atoms with E-state index in [9.17, 15) is 4.79 Å². The first kappa shape index (κ1) is 6.85. The topological polar surface area (TPSA) is 75.3 Å². The lowest BCUT2D eigenvalue weighted by atomic mass is 10.3. The average molecular weight is 151 g/mol. The Hall–Kier alpha value is -0.260. The van der Waals surface area contributed by atoms with Crippen LogP contribution in [0.1, 0.15) is 0 Å². The summed E-state index contributed by atoms with van der Waals surface area (Å²) in [5.74, 6) is -0.555. The molecule has 0 aliphatic rings.